The molecule has 0 fully saturated rings. The molecule has 4 nitrogen and oxygen atoms in total. The first kappa shape index (κ1) is 12.7. The van der Waals surface area contributed by atoms with Gasteiger partial charge in [-0.05, 0) is 0 Å². The Bertz CT molecular complexity index is 69.7. The normalized spacial score (nSPS) is 7.60. The molecular weight excluding hydrogens is 176 g/mol. The summed E-state index contributed by atoms with van der Waals surface area (Å²) < 4.78 is 3.88. The summed E-state index contributed by atoms with van der Waals surface area (Å²) >= 11 is 6.77. The molecule has 0 radical (unpaired) electrons. The van der Waals surface area contributed by atoms with Gasteiger partial charge in [-0.3, -0.25) is 4.79 Å². The van der Waals surface area contributed by atoms with Crippen molar-refractivity contribution in [2.45, 2.75) is 0 Å². The summed E-state index contributed by atoms with van der Waals surface area (Å²) in [7, 11) is 0. The van der Waals surface area contributed by atoms with E-state index in [2.05, 4.69) is 29.7 Å². The molecule has 0 heterocycles. The molecule has 0 saturated heterocycles. The summed E-state index contributed by atoms with van der Waals surface area (Å²) in [5.74, 6) is -0.342. The van der Waals surface area contributed by atoms with Crippen LogP contribution in [-0.2, 0) is 8.98 Å². The first-order valence-corrected chi connectivity index (χ1v) is 3.39. The molecule has 0 aliphatic carbocycles. The lowest BCUT2D eigenvalue weighted by atomic mass is 10.8. The van der Waals surface area contributed by atoms with Crippen LogP contribution in [0.3, 0.4) is 0 Å². The van der Waals surface area contributed by atoms with Crippen molar-refractivity contribution in [2.75, 3.05) is 19.0 Å². The first-order valence-electron chi connectivity index (χ1n) is 2.39. The molecule has 0 aliphatic heterocycles. The number of hydrogen-bond donors (Lipinski definition) is 4. The number of hydrogen-bond acceptors (Lipinski definition) is 6. The fraction of sp³-hybridized carbons (Fsp3) is 0.750. The van der Waals surface area contributed by atoms with Crippen LogP contribution in [0.4, 0.5) is 0 Å². The molecule has 10 heavy (non-hydrogen) atoms. The number of aliphatic hydroxyl groups is 2. The average molecular weight is 186 g/mol. The zero-order valence-corrected chi connectivity index (χ0v) is 7.02. The Morgan fingerprint density at radius 1 is 1.40 bits per heavy atom. The summed E-state index contributed by atoms with van der Waals surface area (Å²) in [6, 6.07) is 0. The monoisotopic (exact) mass is 186 g/mol. The third-order valence-corrected chi connectivity index (χ3v) is 0.793. The van der Waals surface area contributed by atoms with Gasteiger partial charge in [0, 0.05) is 12.9 Å². The third-order valence-electron chi connectivity index (χ3n) is 0.331. The maximum absolute atomic E-state index is 9.81. The van der Waals surface area contributed by atoms with Gasteiger partial charge < -0.3 is 14.4 Å². The van der Waals surface area contributed by atoms with Gasteiger partial charge in [0.25, 0.3) is 0 Å². The van der Waals surface area contributed by atoms with E-state index in [1.54, 1.807) is 0 Å². The minimum absolute atomic E-state index is 0.0868. The highest BCUT2D eigenvalue weighted by atomic mass is 32.1. The topological polar surface area (TPSA) is 66.8 Å². The van der Waals surface area contributed by atoms with Gasteiger partial charge in [0.1, 0.15) is 0 Å². The molecule has 0 atom stereocenters. The van der Waals surface area contributed by atoms with E-state index in [0.717, 1.165) is 0 Å². The molecule has 0 aromatic rings. The van der Waals surface area contributed by atoms with Crippen molar-refractivity contribution in [3.05, 3.63) is 0 Å². The van der Waals surface area contributed by atoms with E-state index in [1.807, 2.05) is 0 Å². The Morgan fingerprint density at radius 3 is 1.80 bits per heavy atom. The first-order chi connectivity index (χ1) is 4.72. The summed E-state index contributed by atoms with van der Waals surface area (Å²) in [4.78, 5) is 9.81. The van der Waals surface area contributed by atoms with Crippen LogP contribution in [0.15, 0.2) is 0 Å². The minimum atomic E-state index is -0.429. The summed E-state index contributed by atoms with van der Waals surface area (Å²) in [6.45, 7) is -0.250. The van der Waals surface area contributed by atoms with Crippen LogP contribution in [0.1, 0.15) is 0 Å². The van der Waals surface area contributed by atoms with E-state index in [0.29, 0.717) is 0 Å². The van der Waals surface area contributed by atoms with Gasteiger partial charge in [-0.2, -0.15) is 12.6 Å². The highest BCUT2D eigenvalue weighted by Crippen LogP contribution is 1.82. The summed E-state index contributed by atoms with van der Waals surface area (Å²) in [5, 5.41) is 15.2. The Balaban J connectivity index is 0. The average Bonchev–Trinajstić information content (AvgIpc) is 2.03. The number of carbonyl (C=O) groups is 1. The summed E-state index contributed by atoms with van der Waals surface area (Å²) in [6.07, 6.45) is 0. The van der Waals surface area contributed by atoms with Gasteiger partial charge in [-0.25, -0.2) is 0 Å². The van der Waals surface area contributed by atoms with Crippen LogP contribution in [0.25, 0.3) is 0 Å². The lowest BCUT2D eigenvalue weighted by Gasteiger charge is -1.84. The fourth-order valence-electron chi connectivity index (χ4n) is 0.0289. The van der Waals surface area contributed by atoms with Gasteiger partial charge >= 0.3 is 5.97 Å². The molecule has 0 unspecified atom stereocenters. The second-order valence-corrected chi connectivity index (χ2v) is 1.57. The van der Waals surface area contributed by atoms with Crippen LogP contribution in [0, 0.1) is 0 Å². The van der Waals surface area contributed by atoms with Gasteiger partial charge in [0.15, 0.2) is 0 Å². The molecule has 0 aliphatic rings. The van der Waals surface area contributed by atoms with Crippen LogP contribution >= 0.6 is 25.5 Å². The zero-order chi connectivity index (χ0) is 8.41. The lowest BCUT2D eigenvalue weighted by Crippen LogP contribution is -1.95. The second kappa shape index (κ2) is 11.8. The van der Waals surface area contributed by atoms with Crippen molar-refractivity contribution < 1.29 is 19.2 Å². The van der Waals surface area contributed by atoms with Crippen molar-refractivity contribution in [2.24, 2.45) is 0 Å². The molecular formula is C4H10O4S2. The maximum atomic E-state index is 9.81. The number of thiol groups is 2. The van der Waals surface area contributed by atoms with E-state index in [9.17, 15) is 4.79 Å². The van der Waals surface area contributed by atoms with E-state index in [1.165, 1.54) is 0 Å². The van der Waals surface area contributed by atoms with Crippen LogP contribution in [0.2, 0.25) is 0 Å². The number of rotatable bonds is 2. The minimum Gasteiger partial charge on any atom is -0.394 e. The van der Waals surface area contributed by atoms with E-state index in [-0.39, 0.29) is 19.0 Å². The second-order valence-electron chi connectivity index (χ2n) is 1.07. The van der Waals surface area contributed by atoms with Gasteiger partial charge in [0.2, 0.25) is 0 Å². The van der Waals surface area contributed by atoms with Crippen LogP contribution in [0.5, 0.6) is 0 Å². The molecule has 0 spiro atoms. The molecule has 0 aromatic heterocycles. The Morgan fingerprint density at radius 2 is 1.80 bits per heavy atom. The molecule has 62 valence electrons. The zero-order valence-electron chi connectivity index (χ0n) is 5.23. The standard InChI is InChI=1S/C2H4O2S2.C2H6O2/c3-2(1-5)4-6;3-1-2-4/h5-6H,1H2;3-4H,1-2H2. The Kier molecular flexibility index (Phi) is 15.1. The van der Waals surface area contributed by atoms with Gasteiger partial charge in [-0.15, -0.1) is 0 Å². The van der Waals surface area contributed by atoms with Crippen molar-refractivity contribution in [1.29, 1.82) is 0 Å². The largest absolute Gasteiger partial charge is 0.394 e. The molecule has 0 bridgehead atoms. The predicted molar refractivity (Wildman–Crippen MR) is 43.1 cm³/mol. The predicted octanol–water partition coefficient (Wildman–Crippen LogP) is -0.725. The Labute approximate surface area is 70.2 Å². The molecule has 6 heteroatoms. The fourth-order valence-corrected chi connectivity index (χ4v) is 0.260. The lowest BCUT2D eigenvalue weighted by molar-refractivity contribution is -0.129. The van der Waals surface area contributed by atoms with E-state index >= 15 is 0 Å². The Hall–Kier alpha value is 0.0900. The SMILES string of the molecule is O=C(CS)OS.OCCO. The molecule has 0 rings (SSSR count). The van der Waals surface area contributed by atoms with E-state index in [4.69, 9.17) is 10.2 Å². The highest BCUT2D eigenvalue weighted by molar-refractivity contribution is 7.81. The van der Waals surface area contributed by atoms with Crippen LogP contribution in [-0.4, -0.2) is 35.1 Å². The van der Waals surface area contributed by atoms with Crippen molar-refractivity contribution >= 4 is 31.5 Å². The van der Waals surface area contributed by atoms with Crippen molar-refractivity contribution in [3.63, 3.8) is 0 Å². The quantitative estimate of drug-likeness (QED) is 0.339. The van der Waals surface area contributed by atoms with Crippen LogP contribution < -0.4 is 0 Å². The smallest absolute Gasteiger partial charge is 0.327 e. The number of carbonyl (C=O) groups excluding carboxylic acids is 1. The van der Waals surface area contributed by atoms with Gasteiger partial charge in [-0.1, -0.05) is 0 Å². The summed E-state index contributed by atoms with van der Waals surface area (Å²) in [5.41, 5.74) is 0. The molecule has 0 saturated carbocycles. The number of aliphatic hydroxyl groups excluding tert-OH is 2. The van der Waals surface area contributed by atoms with E-state index < -0.39 is 5.97 Å². The molecule has 0 amide bonds. The van der Waals surface area contributed by atoms with Crippen molar-refractivity contribution in [1.82, 2.24) is 0 Å². The van der Waals surface area contributed by atoms with Crippen molar-refractivity contribution in [3.8, 4) is 0 Å². The highest BCUT2D eigenvalue weighted by Gasteiger charge is 1.89. The van der Waals surface area contributed by atoms with Gasteiger partial charge in [0.05, 0.1) is 19.0 Å². The molecule has 0 aromatic carbocycles. The third kappa shape index (κ3) is 15.7. The maximum Gasteiger partial charge on any atom is 0.327 e. The molecule has 2 N–H and O–H groups in total.